The van der Waals surface area contributed by atoms with Gasteiger partial charge in [-0.1, -0.05) is 6.42 Å². The lowest BCUT2D eigenvalue weighted by atomic mass is 10.2. The highest BCUT2D eigenvalue weighted by Crippen LogP contribution is 2.25. The predicted molar refractivity (Wildman–Crippen MR) is 82.2 cm³/mol. The molecule has 0 atom stereocenters. The lowest BCUT2D eigenvalue weighted by molar-refractivity contribution is 0.0792. The van der Waals surface area contributed by atoms with E-state index in [9.17, 15) is 4.79 Å². The van der Waals surface area contributed by atoms with E-state index in [-0.39, 0.29) is 5.91 Å². The monoisotopic (exact) mass is 347 g/mol. The van der Waals surface area contributed by atoms with Crippen molar-refractivity contribution in [2.24, 2.45) is 0 Å². The second-order valence-corrected chi connectivity index (χ2v) is 5.56. The van der Waals surface area contributed by atoms with Crippen molar-refractivity contribution in [2.45, 2.75) is 19.3 Å². The quantitative estimate of drug-likeness (QED) is 0.552. The Balaban J connectivity index is 2.59. The van der Waals surface area contributed by atoms with Crippen LogP contribution in [-0.4, -0.2) is 37.4 Å². The van der Waals surface area contributed by atoms with Crippen LogP contribution in [0.1, 0.15) is 29.6 Å². The van der Waals surface area contributed by atoms with Gasteiger partial charge in [0.05, 0.1) is 11.6 Å². The number of amides is 1. The van der Waals surface area contributed by atoms with Crippen LogP contribution in [0.15, 0.2) is 22.7 Å². The van der Waals surface area contributed by atoms with E-state index in [1.807, 2.05) is 7.05 Å². The molecule has 0 saturated heterocycles. The maximum atomic E-state index is 12.2. The molecule has 0 bridgehead atoms. The molecule has 19 heavy (non-hydrogen) atoms. The van der Waals surface area contributed by atoms with E-state index in [1.165, 1.54) is 0 Å². The maximum Gasteiger partial charge on any atom is 0.253 e. The van der Waals surface area contributed by atoms with Crippen LogP contribution in [0.2, 0.25) is 0 Å². The molecule has 0 aliphatic carbocycles. The zero-order valence-electron chi connectivity index (χ0n) is 11.3. The van der Waals surface area contributed by atoms with Gasteiger partial charge in [-0.3, -0.25) is 4.79 Å². The van der Waals surface area contributed by atoms with E-state index < -0.39 is 0 Å². The summed E-state index contributed by atoms with van der Waals surface area (Å²) >= 11 is 9.01. The van der Waals surface area contributed by atoms with E-state index in [0.717, 1.165) is 36.0 Å². The van der Waals surface area contributed by atoms with Gasteiger partial charge in [-0.25, -0.2) is 0 Å². The summed E-state index contributed by atoms with van der Waals surface area (Å²) in [6.45, 7) is 0.749. The topological polar surface area (TPSA) is 29.5 Å². The van der Waals surface area contributed by atoms with Crippen LogP contribution in [0.5, 0.6) is 5.75 Å². The standard InChI is InChI=1S/C14H19BrClNO2/c1-17(9-5-3-4-8-16)14(18)11-6-7-13(19-2)12(15)10-11/h6-7,10H,3-5,8-9H2,1-2H3. The van der Waals surface area contributed by atoms with Crippen LogP contribution in [0.25, 0.3) is 0 Å². The third kappa shape index (κ3) is 5.03. The number of methoxy groups -OCH3 is 1. The number of ether oxygens (including phenoxy) is 1. The van der Waals surface area contributed by atoms with Gasteiger partial charge < -0.3 is 9.64 Å². The summed E-state index contributed by atoms with van der Waals surface area (Å²) in [5.41, 5.74) is 0.660. The molecule has 0 aromatic heterocycles. The zero-order valence-corrected chi connectivity index (χ0v) is 13.6. The molecular formula is C14H19BrClNO2. The van der Waals surface area contributed by atoms with Crippen LogP contribution in [0.3, 0.4) is 0 Å². The number of carbonyl (C=O) groups is 1. The number of hydrogen-bond acceptors (Lipinski definition) is 2. The van der Waals surface area contributed by atoms with Gasteiger partial charge in [0.1, 0.15) is 5.75 Å². The van der Waals surface area contributed by atoms with Crippen molar-refractivity contribution in [2.75, 3.05) is 26.6 Å². The Hall–Kier alpha value is -0.740. The molecule has 0 spiro atoms. The average Bonchev–Trinajstić information content (AvgIpc) is 2.42. The largest absolute Gasteiger partial charge is 0.496 e. The summed E-state index contributed by atoms with van der Waals surface area (Å²) in [4.78, 5) is 13.9. The number of hydrogen-bond donors (Lipinski definition) is 0. The zero-order chi connectivity index (χ0) is 14.3. The van der Waals surface area contributed by atoms with Crippen LogP contribution < -0.4 is 4.74 Å². The van der Waals surface area contributed by atoms with Gasteiger partial charge in [0, 0.05) is 25.0 Å². The molecule has 5 heteroatoms. The minimum absolute atomic E-state index is 0.0224. The molecule has 0 radical (unpaired) electrons. The molecule has 0 aliphatic rings. The highest BCUT2D eigenvalue weighted by molar-refractivity contribution is 9.10. The van der Waals surface area contributed by atoms with E-state index in [4.69, 9.17) is 16.3 Å². The summed E-state index contributed by atoms with van der Waals surface area (Å²) in [7, 11) is 3.42. The van der Waals surface area contributed by atoms with Crippen molar-refractivity contribution < 1.29 is 9.53 Å². The molecule has 1 rings (SSSR count). The molecule has 106 valence electrons. The summed E-state index contributed by atoms with van der Waals surface area (Å²) in [6, 6.07) is 5.36. The third-order valence-electron chi connectivity index (χ3n) is 2.87. The SMILES string of the molecule is COc1ccc(C(=O)N(C)CCCCCCl)cc1Br. The molecule has 0 aliphatic heterocycles. The Morgan fingerprint density at radius 2 is 2.11 bits per heavy atom. The van der Waals surface area contributed by atoms with Crippen molar-refractivity contribution in [1.29, 1.82) is 0 Å². The van der Waals surface area contributed by atoms with Gasteiger partial charge in [0.2, 0.25) is 0 Å². The van der Waals surface area contributed by atoms with Crippen LogP contribution in [0, 0.1) is 0 Å². The molecule has 0 fully saturated rings. The maximum absolute atomic E-state index is 12.2. The highest BCUT2D eigenvalue weighted by atomic mass is 79.9. The van der Waals surface area contributed by atoms with Crippen LogP contribution in [0.4, 0.5) is 0 Å². The Kier molecular flexibility index (Phi) is 7.24. The first kappa shape index (κ1) is 16.3. The van der Waals surface area contributed by atoms with E-state index in [0.29, 0.717) is 11.4 Å². The summed E-state index contributed by atoms with van der Waals surface area (Å²) in [5, 5.41) is 0. The van der Waals surface area contributed by atoms with Gasteiger partial charge in [-0.2, -0.15) is 0 Å². The normalized spacial score (nSPS) is 10.3. The number of carbonyl (C=O) groups excluding carboxylic acids is 1. The second kappa shape index (κ2) is 8.43. The van der Waals surface area contributed by atoms with Crippen LogP contribution >= 0.6 is 27.5 Å². The van der Waals surface area contributed by atoms with Crippen molar-refractivity contribution in [3.8, 4) is 5.75 Å². The Labute approximate surface area is 128 Å². The smallest absolute Gasteiger partial charge is 0.253 e. The fraction of sp³-hybridized carbons (Fsp3) is 0.500. The highest BCUT2D eigenvalue weighted by Gasteiger charge is 2.13. The molecule has 3 nitrogen and oxygen atoms in total. The summed E-state index contributed by atoms with van der Waals surface area (Å²) in [6.07, 6.45) is 3.03. The Morgan fingerprint density at radius 1 is 1.37 bits per heavy atom. The average molecular weight is 349 g/mol. The molecule has 1 aromatic rings. The fourth-order valence-electron chi connectivity index (χ4n) is 1.74. The third-order valence-corrected chi connectivity index (χ3v) is 3.76. The minimum Gasteiger partial charge on any atom is -0.496 e. The first-order valence-corrected chi connectivity index (χ1v) is 7.58. The van der Waals surface area contributed by atoms with Crippen molar-refractivity contribution in [3.05, 3.63) is 28.2 Å². The number of alkyl halides is 1. The minimum atomic E-state index is 0.0224. The first-order chi connectivity index (χ1) is 9.10. The lowest BCUT2D eigenvalue weighted by Crippen LogP contribution is -2.27. The van der Waals surface area contributed by atoms with Crippen LogP contribution in [-0.2, 0) is 0 Å². The van der Waals surface area contributed by atoms with E-state index in [2.05, 4.69) is 15.9 Å². The van der Waals surface area contributed by atoms with Gasteiger partial charge in [0.15, 0.2) is 0 Å². The van der Waals surface area contributed by atoms with Gasteiger partial charge in [-0.15, -0.1) is 11.6 Å². The number of rotatable bonds is 7. The lowest BCUT2D eigenvalue weighted by Gasteiger charge is -2.17. The molecule has 0 N–H and O–H groups in total. The van der Waals surface area contributed by atoms with Crippen molar-refractivity contribution in [1.82, 2.24) is 4.90 Å². The molecule has 1 amide bonds. The molecule has 0 unspecified atom stereocenters. The predicted octanol–water partition coefficient (Wildman–Crippen LogP) is 3.94. The fourth-order valence-corrected chi connectivity index (χ4v) is 2.47. The molecule has 0 saturated carbocycles. The molecular weight excluding hydrogens is 330 g/mol. The van der Waals surface area contributed by atoms with Gasteiger partial charge in [0.25, 0.3) is 5.91 Å². The van der Waals surface area contributed by atoms with E-state index in [1.54, 1.807) is 30.2 Å². The molecule has 0 heterocycles. The van der Waals surface area contributed by atoms with Gasteiger partial charge >= 0.3 is 0 Å². The van der Waals surface area contributed by atoms with Crippen molar-refractivity contribution in [3.63, 3.8) is 0 Å². The molecule has 1 aromatic carbocycles. The number of benzene rings is 1. The number of halogens is 2. The number of nitrogens with zero attached hydrogens (tertiary/aromatic N) is 1. The Morgan fingerprint density at radius 3 is 2.68 bits per heavy atom. The van der Waals surface area contributed by atoms with Crippen molar-refractivity contribution >= 4 is 33.4 Å². The first-order valence-electron chi connectivity index (χ1n) is 6.25. The second-order valence-electron chi connectivity index (χ2n) is 4.33. The summed E-state index contributed by atoms with van der Waals surface area (Å²) < 4.78 is 5.94. The van der Waals surface area contributed by atoms with Gasteiger partial charge in [-0.05, 0) is 47.0 Å². The summed E-state index contributed by atoms with van der Waals surface area (Å²) in [5.74, 6) is 1.43. The number of unbranched alkanes of at least 4 members (excludes halogenated alkanes) is 2. The van der Waals surface area contributed by atoms with E-state index >= 15 is 0 Å². The Bertz CT molecular complexity index is 426.